The molecular weight excluding hydrogens is 275 g/mol. The maximum absolute atomic E-state index is 13.1. The maximum Gasteiger partial charge on any atom is 0.287 e. The van der Waals surface area contributed by atoms with Crippen LogP contribution in [-0.4, -0.2) is 30.1 Å². The Morgan fingerprint density at radius 2 is 2.15 bits per heavy atom. The van der Waals surface area contributed by atoms with Crippen molar-refractivity contribution in [2.24, 2.45) is 0 Å². The van der Waals surface area contributed by atoms with Crippen molar-refractivity contribution in [1.29, 1.82) is 0 Å². The highest BCUT2D eigenvalue weighted by Gasteiger charge is 2.21. The minimum absolute atomic E-state index is 0.0907. The van der Waals surface area contributed by atoms with Crippen molar-refractivity contribution in [3.63, 3.8) is 0 Å². The summed E-state index contributed by atoms with van der Waals surface area (Å²) in [5.41, 5.74) is 0.729. The van der Waals surface area contributed by atoms with Gasteiger partial charge in [0.05, 0.1) is 0 Å². The molecule has 0 spiro atoms. The Hall–Kier alpha value is -2.02. The molecule has 1 amide bonds. The zero-order chi connectivity index (χ0) is 14.9. The monoisotopic (exact) mass is 287 g/mol. The number of nitrogens with one attached hydrogen (secondary N) is 1. The third kappa shape index (κ3) is 2.77. The van der Waals surface area contributed by atoms with Gasteiger partial charge in [0.15, 0.2) is 5.76 Å². The van der Waals surface area contributed by atoms with Gasteiger partial charge in [0.25, 0.3) is 12.3 Å². The number of alkyl halides is 2. The summed E-state index contributed by atoms with van der Waals surface area (Å²) in [5, 5.41) is 11.5. The van der Waals surface area contributed by atoms with E-state index in [9.17, 15) is 18.0 Å². The molecule has 20 heavy (non-hydrogen) atoms. The number of fused-ring (bicyclic) bond motifs is 1. The van der Waals surface area contributed by atoms with Gasteiger partial charge in [-0.15, -0.1) is 0 Å². The molecule has 1 heterocycles. The van der Waals surface area contributed by atoms with Crippen LogP contribution < -0.4 is 5.32 Å². The summed E-state index contributed by atoms with van der Waals surface area (Å²) in [6.45, 7) is 0.963. The Bertz CT molecular complexity index is 639. The number of aryl methyl sites for hydroxylation is 1. The Kier molecular flexibility index (Phi) is 3.99. The molecule has 2 aromatic rings. The van der Waals surface area contributed by atoms with Crippen molar-refractivity contribution in [1.82, 2.24) is 5.32 Å². The number of halogens is 3. The molecular formula is C13H12F3NO3. The van der Waals surface area contributed by atoms with Gasteiger partial charge in [-0.3, -0.25) is 4.79 Å². The average Bonchev–Trinajstić information content (AvgIpc) is 2.73. The number of hydrogen-bond donors (Lipinski definition) is 2. The second-order valence-corrected chi connectivity index (χ2v) is 4.31. The van der Waals surface area contributed by atoms with Gasteiger partial charge in [-0.05, 0) is 25.1 Å². The molecule has 0 aliphatic carbocycles. The molecule has 4 nitrogen and oxygen atoms in total. The molecule has 2 rings (SSSR count). The van der Waals surface area contributed by atoms with Crippen LogP contribution in [-0.2, 0) is 0 Å². The van der Waals surface area contributed by atoms with Crippen molar-refractivity contribution < 1.29 is 27.5 Å². The third-order valence-electron chi connectivity index (χ3n) is 2.87. The Morgan fingerprint density at radius 1 is 1.45 bits per heavy atom. The van der Waals surface area contributed by atoms with E-state index in [1.807, 2.05) is 0 Å². The van der Waals surface area contributed by atoms with E-state index in [-0.39, 0.29) is 5.76 Å². The van der Waals surface area contributed by atoms with Gasteiger partial charge in [-0.25, -0.2) is 13.2 Å². The lowest BCUT2D eigenvalue weighted by Gasteiger charge is -2.09. The summed E-state index contributed by atoms with van der Waals surface area (Å²) < 4.78 is 42.6. The summed E-state index contributed by atoms with van der Waals surface area (Å²) >= 11 is 0. The number of carbonyl (C=O) groups excluding carboxylic acids is 1. The molecule has 7 heteroatoms. The zero-order valence-electron chi connectivity index (χ0n) is 10.5. The lowest BCUT2D eigenvalue weighted by atomic mass is 10.1. The fourth-order valence-electron chi connectivity index (χ4n) is 1.78. The molecule has 1 aromatic carbocycles. The average molecular weight is 287 g/mol. The van der Waals surface area contributed by atoms with E-state index >= 15 is 0 Å². The molecule has 1 atom stereocenters. The molecule has 0 aliphatic rings. The molecule has 1 aromatic heterocycles. The van der Waals surface area contributed by atoms with Crippen LogP contribution in [0.4, 0.5) is 13.2 Å². The van der Waals surface area contributed by atoms with Gasteiger partial charge in [-0.1, -0.05) is 0 Å². The minimum atomic E-state index is -2.94. The van der Waals surface area contributed by atoms with Crippen LogP contribution in [0.25, 0.3) is 11.0 Å². The summed E-state index contributed by atoms with van der Waals surface area (Å²) in [4.78, 5) is 11.8. The number of furan rings is 1. The number of benzene rings is 1. The lowest BCUT2D eigenvalue weighted by Crippen LogP contribution is -2.35. The number of aliphatic hydroxyl groups excluding tert-OH is 1. The number of hydrogen-bond acceptors (Lipinski definition) is 3. The quantitative estimate of drug-likeness (QED) is 0.906. The Morgan fingerprint density at radius 3 is 2.80 bits per heavy atom. The second-order valence-electron chi connectivity index (χ2n) is 4.31. The molecule has 0 radical (unpaired) electrons. The minimum Gasteiger partial charge on any atom is -0.451 e. The standard InChI is InChI=1S/C13H12F3NO3/c1-6-8-4-7(14)2-3-10(8)20-11(6)13(19)17-5-9(18)12(15)16/h2-4,9,12,18H,5H2,1H3,(H,17,19). The van der Waals surface area contributed by atoms with E-state index in [1.54, 1.807) is 6.92 Å². The molecule has 2 N–H and O–H groups in total. The summed E-state index contributed by atoms with van der Waals surface area (Å²) in [6, 6.07) is 3.79. The first kappa shape index (κ1) is 14.4. The highest BCUT2D eigenvalue weighted by atomic mass is 19.3. The maximum atomic E-state index is 13.1. The first-order valence-electron chi connectivity index (χ1n) is 5.83. The molecule has 0 fully saturated rings. The van der Waals surface area contributed by atoms with Gasteiger partial charge in [0.2, 0.25) is 0 Å². The van der Waals surface area contributed by atoms with Crippen molar-refractivity contribution >= 4 is 16.9 Å². The number of amides is 1. The fourth-order valence-corrected chi connectivity index (χ4v) is 1.78. The van der Waals surface area contributed by atoms with Crippen LogP contribution in [0.5, 0.6) is 0 Å². The lowest BCUT2D eigenvalue weighted by molar-refractivity contribution is -0.00282. The van der Waals surface area contributed by atoms with Crippen molar-refractivity contribution in [3.05, 3.63) is 35.3 Å². The SMILES string of the molecule is Cc1c(C(=O)NCC(O)C(F)F)oc2ccc(F)cc12. The number of carbonyl (C=O) groups is 1. The van der Waals surface area contributed by atoms with E-state index in [2.05, 4.69) is 5.32 Å². The van der Waals surface area contributed by atoms with E-state index in [0.29, 0.717) is 16.5 Å². The summed E-state index contributed by atoms with van der Waals surface area (Å²) in [5.74, 6) is -1.30. The van der Waals surface area contributed by atoms with Crippen LogP contribution in [0.1, 0.15) is 16.1 Å². The smallest absolute Gasteiger partial charge is 0.287 e. The van der Waals surface area contributed by atoms with E-state index in [1.165, 1.54) is 18.2 Å². The third-order valence-corrected chi connectivity index (χ3v) is 2.87. The molecule has 0 saturated heterocycles. The van der Waals surface area contributed by atoms with Gasteiger partial charge < -0.3 is 14.8 Å². The van der Waals surface area contributed by atoms with Crippen LogP contribution in [0.15, 0.2) is 22.6 Å². The van der Waals surface area contributed by atoms with Crippen LogP contribution >= 0.6 is 0 Å². The predicted octanol–water partition coefficient (Wildman–Crippen LogP) is 2.24. The largest absolute Gasteiger partial charge is 0.451 e. The van der Waals surface area contributed by atoms with E-state index < -0.39 is 30.8 Å². The molecule has 108 valence electrons. The topological polar surface area (TPSA) is 62.5 Å². The highest BCUT2D eigenvalue weighted by Crippen LogP contribution is 2.25. The Labute approximate surface area is 112 Å². The second kappa shape index (κ2) is 5.54. The predicted molar refractivity (Wildman–Crippen MR) is 65.3 cm³/mol. The van der Waals surface area contributed by atoms with Crippen LogP contribution in [0.2, 0.25) is 0 Å². The van der Waals surface area contributed by atoms with Gasteiger partial charge in [-0.2, -0.15) is 0 Å². The number of rotatable bonds is 4. The van der Waals surface area contributed by atoms with E-state index in [0.717, 1.165) is 0 Å². The Balaban J connectivity index is 2.20. The molecule has 0 bridgehead atoms. The van der Waals surface area contributed by atoms with Crippen molar-refractivity contribution in [2.45, 2.75) is 19.5 Å². The zero-order valence-corrected chi connectivity index (χ0v) is 10.5. The summed E-state index contributed by atoms with van der Waals surface area (Å²) in [7, 11) is 0. The highest BCUT2D eigenvalue weighted by molar-refractivity contribution is 5.98. The van der Waals surface area contributed by atoms with Crippen molar-refractivity contribution in [3.8, 4) is 0 Å². The van der Waals surface area contributed by atoms with Crippen LogP contribution in [0, 0.1) is 12.7 Å². The first-order valence-corrected chi connectivity index (χ1v) is 5.83. The number of aliphatic hydroxyl groups is 1. The van der Waals surface area contributed by atoms with Gasteiger partial charge in [0, 0.05) is 17.5 Å². The normalized spacial score (nSPS) is 12.9. The fraction of sp³-hybridized carbons (Fsp3) is 0.308. The van der Waals surface area contributed by atoms with Gasteiger partial charge >= 0.3 is 0 Å². The summed E-state index contributed by atoms with van der Waals surface area (Å²) in [6.07, 6.45) is -4.89. The van der Waals surface area contributed by atoms with Crippen LogP contribution in [0.3, 0.4) is 0 Å². The molecule has 1 unspecified atom stereocenters. The van der Waals surface area contributed by atoms with Crippen molar-refractivity contribution in [2.75, 3.05) is 6.54 Å². The molecule has 0 saturated carbocycles. The van der Waals surface area contributed by atoms with Gasteiger partial charge in [0.1, 0.15) is 17.5 Å². The van der Waals surface area contributed by atoms with E-state index in [4.69, 9.17) is 9.52 Å². The first-order chi connectivity index (χ1) is 9.40. The molecule has 0 aliphatic heterocycles.